The molecule has 0 aliphatic carbocycles. The Morgan fingerprint density at radius 1 is 1.12 bits per heavy atom. The lowest BCUT2D eigenvalue weighted by atomic mass is 10.1. The zero-order valence-electron chi connectivity index (χ0n) is 13.9. The van der Waals surface area contributed by atoms with Gasteiger partial charge < -0.3 is 9.42 Å². The fourth-order valence-electron chi connectivity index (χ4n) is 2.41. The van der Waals surface area contributed by atoms with Crippen LogP contribution in [0.2, 0.25) is 0 Å². The van der Waals surface area contributed by atoms with Crippen LogP contribution in [0, 0.1) is 5.82 Å². The first kappa shape index (κ1) is 16.8. The Labute approximate surface area is 145 Å². The maximum absolute atomic E-state index is 12.9. The predicted octanol–water partition coefficient (Wildman–Crippen LogP) is 3.47. The second-order valence-electron chi connectivity index (χ2n) is 5.75. The number of aryl methyl sites for hydroxylation is 1. The predicted molar refractivity (Wildman–Crippen MR) is 90.9 cm³/mol. The average Bonchev–Trinajstić information content (AvgIpc) is 3.10. The van der Waals surface area contributed by atoms with Gasteiger partial charge in [-0.05, 0) is 24.1 Å². The normalized spacial score (nSPS) is 10.6. The lowest BCUT2D eigenvalue weighted by Gasteiger charge is -2.14. The molecular formula is C19H18FN3O2. The van der Waals surface area contributed by atoms with E-state index in [4.69, 9.17) is 4.52 Å². The monoisotopic (exact) mass is 339 g/mol. The lowest BCUT2D eigenvalue weighted by Crippen LogP contribution is -2.26. The number of nitrogens with zero attached hydrogens (tertiary/aromatic N) is 3. The van der Waals surface area contributed by atoms with Crippen LogP contribution < -0.4 is 0 Å². The molecule has 0 saturated heterocycles. The molecule has 0 aliphatic heterocycles. The second-order valence-corrected chi connectivity index (χ2v) is 5.75. The molecule has 3 aromatic rings. The van der Waals surface area contributed by atoms with E-state index in [2.05, 4.69) is 10.1 Å². The highest BCUT2D eigenvalue weighted by atomic mass is 19.1. The first-order chi connectivity index (χ1) is 12.1. The zero-order chi connectivity index (χ0) is 17.6. The third-order valence-corrected chi connectivity index (χ3v) is 3.84. The number of hydrogen-bond acceptors (Lipinski definition) is 4. The smallest absolute Gasteiger partial charge is 0.246 e. The van der Waals surface area contributed by atoms with Crippen LogP contribution in [0.25, 0.3) is 11.4 Å². The number of benzene rings is 2. The van der Waals surface area contributed by atoms with Gasteiger partial charge in [0, 0.05) is 19.0 Å². The molecule has 1 heterocycles. The van der Waals surface area contributed by atoms with Crippen molar-refractivity contribution in [2.75, 3.05) is 7.05 Å². The molecule has 0 atom stereocenters. The van der Waals surface area contributed by atoms with Crippen LogP contribution in [0.1, 0.15) is 17.9 Å². The molecule has 0 bridgehead atoms. The highest BCUT2D eigenvalue weighted by molar-refractivity contribution is 5.76. The van der Waals surface area contributed by atoms with Crippen molar-refractivity contribution in [2.45, 2.75) is 19.4 Å². The number of carbonyl (C=O) groups excluding carboxylic acids is 1. The zero-order valence-corrected chi connectivity index (χ0v) is 13.9. The molecule has 0 fully saturated rings. The molecule has 0 N–H and O–H groups in total. The maximum atomic E-state index is 12.9. The van der Waals surface area contributed by atoms with E-state index in [1.54, 1.807) is 24.1 Å². The van der Waals surface area contributed by atoms with Gasteiger partial charge in [0.2, 0.25) is 17.6 Å². The number of aromatic nitrogens is 2. The van der Waals surface area contributed by atoms with E-state index < -0.39 is 0 Å². The highest BCUT2D eigenvalue weighted by Gasteiger charge is 2.14. The van der Waals surface area contributed by atoms with E-state index in [-0.39, 0.29) is 18.3 Å². The number of hydrogen-bond donors (Lipinski definition) is 0. The van der Waals surface area contributed by atoms with Crippen LogP contribution in [0.4, 0.5) is 4.39 Å². The summed E-state index contributed by atoms with van der Waals surface area (Å²) >= 11 is 0. The Hall–Kier alpha value is -3.02. The largest absolute Gasteiger partial charge is 0.337 e. The van der Waals surface area contributed by atoms with Crippen LogP contribution in [0.5, 0.6) is 0 Å². The molecule has 1 aromatic heterocycles. The van der Waals surface area contributed by atoms with Crippen LogP contribution in [-0.4, -0.2) is 28.0 Å². The second kappa shape index (κ2) is 7.70. The van der Waals surface area contributed by atoms with Crippen LogP contribution in [0.3, 0.4) is 0 Å². The first-order valence-electron chi connectivity index (χ1n) is 7.98. The molecule has 0 radical (unpaired) electrons. The molecular weight excluding hydrogens is 321 g/mol. The van der Waals surface area contributed by atoms with Crippen molar-refractivity contribution in [3.8, 4) is 11.4 Å². The van der Waals surface area contributed by atoms with Crippen molar-refractivity contribution in [2.24, 2.45) is 0 Å². The van der Waals surface area contributed by atoms with E-state index in [1.165, 1.54) is 12.1 Å². The summed E-state index contributed by atoms with van der Waals surface area (Å²) in [5.74, 6) is 0.570. The average molecular weight is 339 g/mol. The molecule has 0 spiro atoms. The summed E-state index contributed by atoms with van der Waals surface area (Å²) in [6.07, 6.45) is 0.893. The molecule has 25 heavy (non-hydrogen) atoms. The van der Waals surface area contributed by atoms with Crippen molar-refractivity contribution in [1.82, 2.24) is 15.0 Å². The molecule has 5 nitrogen and oxygen atoms in total. The topological polar surface area (TPSA) is 59.2 Å². The Balaban J connectivity index is 1.54. The lowest BCUT2D eigenvalue weighted by molar-refractivity contribution is -0.130. The van der Waals surface area contributed by atoms with Crippen molar-refractivity contribution >= 4 is 5.91 Å². The van der Waals surface area contributed by atoms with E-state index in [0.29, 0.717) is 24.6 Å². The number of rotatable bonds is 6. The van der Waals surface area contributed by atoms with Gasteiger partial charge in [-0.15, -0.1) is 0 Å². The number of amides is 1. The summed E-state index contributed by atoms with van der Waals surface area (Å²) in [5.41, 5.74) is 1.79. The van der Waals surface area contributed by atoms with Gasteiger partial charge >= 0.3 is 0 Å². The standard InChI is InChI=1S/C19H18FN3O2/c1-23(18(24)12-9-14-7-10-16(20)11-8-14)13-17-21-19(22-25-17)15-5-3-2-4-6-15/h2-8,10-11H,9,12-13H2,1H3. The van der Waals surface area contributed by atoms with E-state index >= 15 is 0 Å². The highest BCUT2D eigenvalue weighted by Crippen LogP contribution is 2.15. The van der Waals surface area contributed by atoms with Crippen LogP contribution in [-0.2, 0) is 17.8 Å². The van der Waals surface area contributed by atoms with Crippen LogP contribution >= 0.6 is 0 Å². The van der Waals surface area contributed by atoms with Gasteiger partial charge in [-0.25, -0.2) is 4.39 Å². The van der Waals surface area contributed by atoms with E-state index in [0.717, 1.165) is 11.1 Å². The maximum Gasteiger partial charge on any atom is 0.246 e. The fraction of sp³-hybridized carbons (Fsp3) is 0.211. The van der Waals surface area contributed by atoms with Gasteiger partial charge in [-0.2, -0.15) is 4.98 Å². The minimum Gasteiger partial charge on any atom is -0.337 e. The summed E-state index contributed by atoms with van der Waals surface area (Å²) in [5, 5.41) is 3.94. The Kier molecular flexibility index (Phi) is 5.18. The van der Waals surface area contributed by atoms with Crippen molar-refractivity contribution in [3.05, 3.63) is 71.9 Å². The third-order valence-electron chi connectivity index (χ3n) is 3.84. The Morgan fingerprint density at radius 3 is 2.56 bits per heavy atom. The summed E-state index contributed by atoms with van der Waals surface area (Å²) in [4.78, 5) is 18.1. The molecule has 0 aliphatic rings. The minimum atomic E-state index is -0.280. The van der Waals surface area contributed by atoms with Gasteiger partial charge in [0.25, 0.3) is 0 Å². The third kappa shape index (κ3) is 4.50. The van der Waals surface area contributed by atoms with Crippen molar-refractivity contribution in [1.29, 1.82) is 0 Å². The quantitative estimate of drug-likeness (QED) is 0.690. The van der Waals surface area contributed by atoms with Crippen molar-refractivity contribution < 1.29 is 13.7 Å². The van der Waals surface area contributed by atoms with Gasteiger partial charge in [0.1, 0.15) is 5.82 Å². The molecule has 0 saturated carbocycles. The summed E-state index contributed by atoms with van der Waals surface area (Å²) < 4.78 is 18.1. The van der Waals surface area contributed by atoms with E-state index in [1.807, 2.05) is 30.3 Å². The minimum absolute atomic E-state index is 0.0382. The number of carbonyl (C=O) groups is 1. The Morgan fingerprint density at radius 2 is 1.84 bits per heavy atom. The molecule has 2 aromatic carbocycles. The molecule has 6 heteroatoms. The molecule has 128 valence electrons. The summed E-state index contributed by atoms with van der Waals surface area (Å²) in [6.45, 7) is 0.252. The molecule has 0 unspecified atom stereocenters. The molecule has 1 amide bonds. The SMILES string of the molecule is CN(Cc1nc(-c2ccccc2)no1)C(=O)CCc1ccc(F)cc1. The van der Waals surface area contributed by atoms with Gasteiger partial charge in [-0.3, -0.25) is 4.79 Å². The summed E-state index contributed by atoms with van der Waals surface area (Å²) in [6, 6.07) is 15.7. The van der Waals surface area contributed by atoms with E-state index in [9.17, 15) is 9.18 Å². The first-order valence-corrected chi connectivity index (χ1v) is 7.98. The molecule has 3 rings (SSSR count). The summed E-state index contributed by atoms with van der Waals surface area (Å²) in [7, 11) is 1.69. The fourth-order valence-corrected chi connectivity index (χ4v) is 2.41. The number of halogens is 1. The van der Waals surface area contributed by atoms with Gasteiger partial charge in [0.05, 0.1) is 6.54 Å². The van der Waals surface area contributed by atoms with Gasteiger partial charge in [-0.1, -0.05) is 47.6 Å². The van der Waals surface area contributed by atoms with Crippen LogP contribution in [0.15, 0.2) is 59.1 Å². The van der Waals surface area contributed by atoms with Crippen molar-refractivity contribution in [3.63, 3.8) is 0 Å². The Bertz CT molecular complexity index is 831. The van der Waals surface area contributed by atoms with Gasteiger partial charge in [0.15, 0.2) is 0 Å².